The lowest BCUT2D eigenvalue weighted by Crippen LogP contribution is -2.40. The number of urea groups is 1. The highest BCUT2D eigenvalue weighted by Gasteiger charge is 2.26. The summed E-state index contributed by atoms with van der Waals surface area (Å²) in [6.45, 7) is 1.27. The number of sulfone groups is 1. The van der Waals surface area contributed by atoms with Crippen molar-refractivity contribution < 1.29 is 13.2 Å². The van der Waals surface area contributed by atoms with E-state index in [4.69, 9.17) is 4.98 Å². The SMILES string of the molecule is CS(=O)(=O)c1ccc(Nc2cc3c(C4CCN(C(=O)Nc5cccnc5)CC4)nccc3cn2)cc1. The lowest BCUT2D eigenvalue weighted by atomic mass is 9.90. The van der Waals surface area contributed by atoms with E-state index in [1.807, 2.05) is 29.3 Å². The van der Waals surface area contributed by atoms with Crippen LogP contribution in [0.25, 0.3) is 10.8 Å². The van der Waals surface area contributed by atoms with Gasteiger partial charge in [0, 0.05) is 60.3 Å². The van der Waals surface area contributed by atoms with Gasteiger partial charge in [0.25, 0.3) is 0 Å². The molecule has 1 aliphatic rings. The van der Waals surface area contributed by atoms with Crippen molar-refractivity contribution in [2.24, 2.45) is 0 Å². The number of amides is 2. The molecule has 2 amide bonds. The zero-order valence-corrected chi connectivity index (χ0v) is 20.6. The maximum Gasteiger partial charge on any atom is 0.321 e. The van der Waals surface area contributed by atoms with Crippen LogP contribution in [0.4, 0.5) is 22.0 Å². The summed E-state index contributed by atoms with van der Waals surface area (Å²) in [6, 6.07) is 14.0. The third-order valence-corrected chi connectivity index (χ3v) is 7.44. The summed E-state index contributed by atoms with van der Waals surface area (Å²) < 4.78 is 23.4. The predicted octanol–water partition coefficient (Wildman–Crippen LogP) is 4.58. The fourth-order valence-corrected chi connectivity index (χ4v) is 5.04. The molecule has 1 aliphatic heterocycles. The Labute approximate surface area is 209 Å². The highest BCUT2D eigenvalue weighted by Crippen LogP contribution is 2.33. The number of likely N-dealkylation sites (tertiary alicyclic amines) is 1. The summed E-state index contributed by atoms with van der Waals surface area (Å²) in [5.74, 6) is 0.873. The molecule has 0 radical (unpaired) electrons. The quantitative estimate of drug-likeness (QED) is 0.410. The molecule has 9 nitrogen and oxygen atoms in total. The minimum atomic E-state index is -3.25. The Morgan fingerprint density at radius 1 is 0.972 bits per heavy atom. The van der Waals surface area contributed by atoms with Crippen molar-refractivity contribution in [3.8, 4) is 0 Å². The Bertz CT molecular complexity index is 1490. The summed E-state index contributed by atoms with van der Waals surface area (Å²) in [6.07, 6.45) is 9.72. The van der Waals surface area contributed by atoms with Crippen LogP contribution in [0.5, 0.6) is 0 Å². The number of benzene rings is 1. The van der Waals surface area contributed by atoms with Gasteiger partial charge in [0.1, 0.15) is 5.82 Å². The summed E-state index contributed by atoms with van der Waals surface area (Å²) in [7, 11) is -3.25. The number of hydrogen-bond donors (Lipinski definition) is 2. The number of rotatable bonds is 5. The first-order valence-corrected chi connectivity index (χ1v) is 13.5. The zero-order chi connectivity index (χ0) is 25.1. The molecule has 1 aromatic carbocycles. The van der Waals surface area contributed by atoms with Crippen molar-refractivity contribution in [2.75, 3.05) is 30.0 Å². The van der Waals surface area contributed by atoms with Gasteiger partial charge in [-0.2, -0.15) is 0 Å². The molecule has 0 saturated carbocycles. The highest BCUT2D eigenvalue weighted by atomic mass is 32.2. The molecule has 4 heterocycles. The number of carbonyl (C=O) groups is 1. The molecular weight excluding hydrogens is 476 g/mol. The van der Waals surface area contributed by atoms with E-state index in [-0.39, 0.29) is 16.8 Å². The first kappa shape index (κ1) is 23.7. The van der Waals surface area contributed by atoms with Crippen LogP contribution < -0.4 is 10.6 Å². The lowest BCUT2D eigenvalue weighted by Gasteiger charge is -2.32. The molecule has 0 spiro atoms. The Balaban J connectivity index is 1.30. The fraction of sp³-hybridized carbons (Fsp3) is 0.231. The van der Waals surface area contributed by atoms with E-state index in [0.717, 1.165) is 35.0 Å². The van der Waals surface area contributed by atoms with E-state index >= 15 is 0 Å². The number of carbonyl (C=O) groups excluding carboxylic acids is 1. The Morgan fingerprint density at radius 3 is 2.44 bits per heavy atom. The number of anilines is 3. The van der Waals surface area contributed by atoms with Crippen LogP contribution in [-0.4, -0.2) is 53.6 Å². The van der Waals surface area contributed by atoms with Gasteiger partial charge in [-0.25, -0.2) is 18.2 Å². The van der Waals surface area contributed by atoms with Crippen molar-refractivity contribution in [1.29, 1.82) is 0 Å². The number of pyridine rings is 3. The minimum Gasteiger partial charge on any atom is -0.340 e. The van der Waals surface area contributed by atoms with Crippen LogP contribution in [0.15, 0.2) is 78.2 Å². The van der Waals surface area contributed by atoms with Gasteiger partial charge in [0.05, 0.1) is 22.5 Å². The lowest BCUT2D eigenvalue weighted by molar-refractivity contribution is 0.194. The average Bonchev–Trinajstić information content (AvgIpc) is 2.89. The number of hydrogen-bond acceptors (Lipinski definition) is 7. The van der Waals surface area contributed by atoms with Gasteiger partial charge in [-0.05, 0) is 61.4 Å². The zero-order valence-electron chi connectivity index (χ0n) is 19.8. The number of nitrogens with one attached hydrogen (secondary N) is 2. The van der Waals surface area contributed by atoms with E-state index in [9.17, 15) is 13.2 Å². The molecule has 0 aliphatic carbocycles. The van der Waals surface area contributed by atoms with Crippen LogP contribution in [0.1, 0.15) is 24.5 Å². The van der Waals surface area contributed by atoms with Gasteiger partial charge in [-0.3, -0.25) is 9.97 Å². The monoisotopic (exact) mass is 502 g/mol. The van der Waals surface area contributed by atoms with Gasteiger partial charge < -0.3 is 15.5 Å². The highest BCUT2D eigenvalue weighted by molar-refractivity contribution is 7.90. The molecule has 10 heteroatoms. The number of aromatic nitrogens is 3. The van der Waals surface area contributed by atoms with Gasteiger partial charge in [-0.1, -0.05) is 0 Å². The number of nitrogens with zero attached hydrogens (tertiary/aromatic N) is 4. The van der Waals surface area contributed by atoms with E-state index < -0.39 is 9.84 Å². The minimum absolute atomic E-state index is 0.120. The number of piperidine rings is 1. The van der Waals surface area contributed by atoms with Crippen molar-refractivity contribution in [3.63, 3.8) is 0 Å². The van der Waals surface area contributed by atoms with E-state index in [1.54, 1.807) is 48.9 Å². The smallest absolute Gasteiger partial charge is 0.321 e. The van der Waals surface area contributed by atoms with E-state index in [2.05, 4.69) is 20.6 Å². The molecule has 3 aromatic heterocycles. The molecule has 36 heavy (non-hydrogen) atoms. The second-order valence-corrected chi connectivity index (χ2v) is 10.9. The maximum absolute atomic E-state index is 12.6. The molecule has 184 valence electrons. The van der Waals surface area contributed by atoms with Gasteiger partial charge in [0.2, 0.25) is 0 Å². The van der Waals surface area contributed by atoms with Crippen molar-refractivity contribution in [2.45, 2.75) is 23.7 Å². The largest absolute Gasteiger partial charge is 0.340 e. The van der Waals surface area contributed by atoms with Crippen LogP contribution in [0.3, 0.4) is 0 Å². The van der Waals surface area contributed by atoms with Crippen molar-refractivity contribution in [1.82, 2.24) is 19.9 Å². The fourth-order valence-electron chi connectivity index (χ4n) is 4.41. The predicted molar refractivity (Wildman–Crippen MR) is 139 cm³/mol. The van der Waals surface area contributed by atoms with Gasteiger partial charge >= 0.3 is 6.03 Å². The van der Waals surface area contributed by atoms with Gasteiger partial charge in [0.15, 0.2) is 9.84 Å². The number of fused-ring (bicyclic) bond motifs is 1. The Morgan fingerprint density at radius 2 is 1.75 bits per heavy atom. The summed E-state index contributed by atoms with van der Waals surface area (Å²) in [5, 5.41) is 8.16. The van der Waals surface area contributed by atoms with Crippen LogP contribution >= 0.6 is 0 Å². The van der Waals surface area contributed by atoms with Crippen LogP contribution in [0, 0.1) is 0 Å². The first-order chi connectivity index (χ1) is 17.4. The molecular formula is C26H26N6O3S. The van der Waals surface area contributed by atoms with Crippen molar-refractivity contribution >= 4 is 43.8 Å². The molecule has 1 fully saturated rings. The molecule has 2 N–H and O–H groups in total. The molecule has 0 unspecified atom stereocenters. The molecule has 5 rings (SSSR count). The standard InChI is InChI=1S/C26H26N6O3S/c1-36(34,35)22-6-4-20(5-7-22)30-24-15-23-19(16-29-24)8-12-28-25(23)18-9-13-32(14-10-18)26(33)31-21-3-2-11-27-17-21/h2-8,11-12,15-18H,9-10,13-14H2,1H3,(H,29,30)(H,31,33). The first-order valence-electron chi connectivity index (χ1n) is 11.6. The van der Waals surface area contributed by atoms with Crippen LogP contribution in [0.2, 0.25) is 0 Å². The molecule has 1 saturated heterocycles. The normalized spacial score (nSPS) is 14.5. The molecule has 0 atom stereocenters. The van der Waals surface area contributed by atoms with E-state index in [0.29, 0.717) is 24.6 Å². The van der Waals surface area contributed by atoms with Crippen LogP contribution in [-0.2, 0) is 9.84 Å². The van der Waals surface area contributed by atoms with E-state index in [1.165, 1.54) is 6.26 Å². The molecule has 0 bridgehead atoms. The summed E-state index contributed by atoms with van der Waals surface area (Å²) >= 11 is 0. The average molecular weight is 503 g/mol. The third kappa shape index (κ3) is 5.28. The third-order valence-electron chi connectivity index (χ3n) is 6.32. The maximum atomic E-state index is 12.6. The summed E-state index contributed by atoms with van der Waals surface area (Å²) in [4.78, 5) is 28.0. The van der Waals surface area contributed by atoms with Crippen molar-refractivity contribution in [3.05, 3.63) is 79.0 Å². The Kier molecular flexibility index (Phi) is 6.51. The summed E-state index contributed by atoms with van der Waals surface area (Å²) in [5.41, 5.74) is 2.42. The Hall–Kier alpha value is -4.05. The topological polar surface area (TPSA) is 117 Å². The second-order valence-electron chi connectivity index (χ2n) is 8.84. The van der Waals surface area contributed by atoms with Gasteiger partial charge in [-0.15, -0.1) is 0 Å². The molecule has 4 aromatic rings. The second kappa shape index (κ2) is 9.90.